The van der Waals surface area contributed by atoms with E-state index >= 15 is 0 Å². The highest BCUT2D eigenvalue weighted by atomic mass is 16.5. The number of hydrogen-bond acceptors (Lipinski definition) is 5. The highest BCUT2D eigenvalue weighted by Crippen LogP contribution is 2.25. The molecule has 5 nitrogen and oxygen atoms in total. The molecule has 2 aliphatic rings. The Morgan fingerprint density at radius 3 is 2.61 bits per heavy atom. The topological polar surface area (TPSA) is 58.8 Å². The van der Waals surface area contributed by atoms with E-state index in [1.807, 2.05) is 11.9 Å². The third-order valence-electron chi connectivity index (χ3n) is 4.07. The van der Waals surface area contributed by atoms with Crippen molar-refractivity contribution in [3.8, 4) is 0 Å². The summed E-state index contributed by atoms with van der Waals surface area (Å²) < 4.78 is 5.21. The van der Waals surface area contributed by atoms with Crippen molar-refractivity contribution >= 4 is 5.97 Å². The molecule has 2 heterocycles. The lowest BCUT2D eigenvalue weighted by atomic mass is 9.95. The Bertz CT molecular complexity index is 277. The number of hydrogen-bond donors (Lipinski definition) is 1. The first-order valence-electron chi connectivity index (χ1n) is 7.14. The van der Waals surface area contributed by atoms with Crippen LogP contribution in [0, 0.1) is 0 Å². The number of ether oxygens (including phenoxy) is 1. The van der Waals surface area contributed by atoms with Crippen LogP contribution in [0.3, 0.4) is 0 Å². The Labute approximate surface area is 109 Å². The summed E-state index contributed by atoms with van der Waals surface area (Å²) in [6, 6.07) is 0.479. The van der Waals surface area contributed by atoms with Gasteiger partial charge in [-0.05, 0) is 39.2 Å². The van der Waals surface area contributed by atoms with Gasteiger partial charge in [0.15, 0.2) is 0 Å². The van der Waals surface area contributed by atoms with Crippen molar-refractivity contribution in [1.29, 1.82) is 0 Å². The minimum atomic E-state index is -0.0348. The first-order chi connectivity index (χ1) is 8.72. The van der Waals surface area contributed by atoms with E-state index in [-0.39, 0.29) is 12.0 Å². The van der Waals surface area contributed by atoms with Gasteiger partial charge in [0.1, 0.15) is 6.04 Å². The zero-order valence-electron chi connectivity index (χ0n) is 11.3. The van der Waals surface area contributed by atoms with Crippen molar-refractivity contribution in [2.75, 3.05) is 26.2 Å². The molecule has 0 aliphatic carbocycles. The smallest absolute Gasteiger partial charge is 0.323 e. The number of esters is 1. The van der Waals surface area contributed by atoms with Gasteiger partial charge in [0.25, 0.3) is 0 Å². The number of carbonyl (C=O) groups excluding carboxylic acids is 1. The summed E-state index contributed by atoms with van der Waals surface area (Å²) in [5, 5.41) is 1.87. The fourth-order valence-electron chi connectivity index (χ4n) is 3.10. The van der Waals surface area contributed by atoms with Crippen LogP contribution in [0.15, 0.2) is 0 Å². The van der Waals surface area contributed by atoms with E-state index in [1.54, 1.807) is 0 Å². The summed E-state index contributed by atoms with van der Waals surface area (Å²) in [6.07, 6.45) is 5.40. The Morgan fingerprint density at radius 1 is 1.22 bits per heavy atom. The predicted octanol–water partition coefficient (Wildman–Crippen LogP) is 0.742. The Hall–Kier alpha value is -0.650. The van der Waals surface area contributed by atoms with Crippen molar-refractivity contribution in [1.82, 2.24) is 9.91 Å². The molecule has 2 fully saturated rings. The third-order valence-corrected chi connectivity index (χ3v) is 4.07. The molecule has 2 N–H and O–H groups in total. The van der Waals surface area contributed by atoms with Crippen LogP contribution in [0.1, 0.15) is 39.0 Å². The van der Waals surface area contributed by atoms with Gasteiger partial charge in [0, 0.05) is 19.1 Å². The normalized spacial score (nSPS) is 28.2. The van der Waals surface area contributed by atoms with E-state index in [9.17, 15) is 4.79 Å². The van der Waals surface area contributed by atoms with Gasteiger partial charge in [-0.2, -0.15) is 0 Å². The fraction of sp³-hybridized carbons (Fsp3) is 0.923. The lowest BCUT2D eigenvalue weighted by Gasteiger charge is -2.42. The van der Waals surface area contributed by atoms with Gasteiger partial charge in [0.2, 0.25) is 0 Å². The van der Waals surface area contributed by atoms with Crippen molar-refractivity contribution < 1.29 is 9.53 Å². The molecule has 0 spiro atoms. The summed E-state index contributed by atoms with van der Waals surface area (Å²) in [5.41, 5.74) is 0. The number of piperidine rings is 2. The molecular formula is C13H25N3O2. The molecule has 1 atom stereocenters. The molecule has 2 aliphatic heterocycles. The van der Waals surface area contributed by atoms with Crippen LogP contribution in [-0.4, -0.2) is 54.2 Å². The van der Waals surface area contributed by atoms with E-state index in [0.717, 1.165) is 45.3 Å². The first kappa shape index (κ1) is 13.8. The van der Waals surface area contributed by atoms with Crippen LogP contribution in [0.25, 0.3) is 0 Å². The number of likely N-dealkylation sites (tertiary alicyclic amines) is 1. The highest BCUT2D eigenvalue weighted by molar-refractivity contribution is 5.75. The Morgan fingerprint density at radius 2 is 1.94 bits per heavy atom. The molecule has 18 heavy (non-hydrogen) atoms. The second-order valence-electron chi connectivity index (χ2n) is 5.27. The quantitative estimate of drug-likeness (QED) is 0.595. The minimum Gasteiger partial charge on any atom is -0.465 e. The van der Waals surface area contributed by atoms with Crippen molar-refractivity contribution in [3.05, 3.63) is 0 Å². The highest BCUT2D eigenvalue weighted by Gasteiger charge is 2.35. The van der Waals surface area contributed by atoms with Gasteiger partial charge < -0.3 is 4.74 Å². The van der Waals surface area contributed by atoms with Gasteiger partial charge in [0.05, 0.1) is 6.61 Å². The number of carbonyl (C=O) groups is 1. The zero-order valence-corrected chi connectivity index (χ0v) is 11.3. The van der Waals surface area contributed by atoms with Gasteiger partial charge in [-0.15, -0.1) is 0 Å². The molecule has 0 aromatic rings. The molecule has 0 aromatic carbocycles. The van der Waals surface area contributed by atoms with Gasteiger partial charge in [-0.1, -0.05) is 6.42 Å². The number of rotatable bonds is 3. The predicted molar refractivity (Wildman–Crippen MR) is 69.8 cm³/mol. The number of nitrogens with two attached hydrogens (primary N) is 1. The molecule has 1 unspecified atom stereocenters. The molecule has 104 valence electrons. The van der Waals surface area contributed by atoms with E-state index in [0.29, 0.717) is 12.6 Å². The lowest BCUT2D eigenvalue weighted by Crippen LogP contribution is -2.54. The molecule has 5 heteroatoms. The lowest BCUT2D eigenvalue weighted by molar-refractivity contribution is -0.152. The van der Waals surface area contributed by atoms with Crippen LogP contribution in [0.5, 0.6) is 0 Å². The van der Waals surface area contributed by atoms with E-state index in [4.69, 9.17) is 10.6 Å². The van der Waals surface area contributed by atoms with Crippen molar-refractivity contribution in [3.63, 3.8) is 0 Å². The molecule has 0 radical (unpaired) electrons. The molecule has 2 rings (SSSR count). The second kappa shape index (κ2) is 6.50. The number of hydrazine groups is 1. The fourth-order valence-corrected chi connectivity index (χ4v) is 3.10. The van der Waals surface area contributed by atoms with Crippen LogP contribution in [-0.2, 0) is 9.53 Å². The average Bonchev–Trinajstić information content (AvgIpc) is 2.40. The van der Waals surface area contributed by atoms with Crippen molar-refractivity contribution in [2.24, 2.45) is 5.84 Å². The summed E-state index contributed by atoms with van der Waals surface area (Å²) in [7, 11) is 0. The summed E-state index contributed by atoms with van der Waals surface area (Å²) >= 11 is 0. The summed E-state index contributed by atoms with van der Waals surface area (Å²) in [4.78, 5) is 14.4. The zero-order chi connectivity index (χ0) is 13.0. The van der Waals surface area contributed by atoms with E-state index in [1.165, 1.54) is 6.42 Å². The molecule has 0 aromatic heterocycles. The van der Waals surface area contributed by atoms with Gasteiger partial charge in [-0.3, -0.25) is 15.5 Å². The molecular weight excluding hydrogens is 230 g/mol. The standard InChI is InChI=1S/C13H25N3O2/c1-2-18-13(17)12-5-3-4-8-16(12)11-6-9-15(14)10-7-11/h11-12H,2-10,14H2,1H3. The molecule has 0 saturated carbocycles. The van der Waals surface area contributed by atoms with Crippen LogP contribution >= 0.6 is 0 Å². The van der Waals surface area contributed by atoms with Gasteiger partial charge >= 0.3 is 5.97 Å². The molecule has 2 saturated heterocycles. The van der Waals surface area contributed by atoms with Gasteiger partial charge in [-0.25, -0.2) is 5.01 Å². The third kappa shape index (κ3) is 3.22. The number of nitrogens with zero attached hydrogens (tertiary/aromatic N) is 2. The molecule has 0 amide bonds. The van der Waals surface area contributed by atoms with E-state index < -0.39 is 0 Å². The van der Waals surface area contributed by atoms with Crippen LogP contribution in [0.2, 0.25) is 0 Å². The maximum atomic E-state index is 12.0. The molecule has 0 bridgehead atoms. The largest absolute Gasteiger partial charge is 0.465 e. The average molecular weight is 255 g/mol. The summed E-state index contributed by atoms with van der Waals surface area (Å²) in [5.74, 6) is 5.76. The maximum absolute atomic E-state index is 12.0. The Balaban J connectivity index is 1.96. The first-order valence-corrected chi connectivity index (χ1v) is 7.14. The van der Waals surface area contributed by atoms with Crippen LogP contribution in [0.4, 0.5) is 0 Å². The monoisotopic (exact) mass is 255 g/mol. The SMILES string of the molecule is CCOC(=O)C1CCCCN1C1CCN(N)CC1. The summed E-state index contributed by atoms with van der Waals surface area (Å²) in [6.45, 7) is 5.23. The van der Waals surface area contributed by atoms with Crippen molar-refractivity contribution in [2.45, 2.75) is 51.1 Å². The van der Waals surface area contributed by atoms with E-state index in [2.05, 4.69) is 4.90 Å². The maximum Gasteiger partial charge on any atom is 0.323 e. The second-order valence-corrected chi connectivity index (χ2v) is 5.27. The minimum absolute atomic E-state index is 0.0203. The Kier molecular flexibility index (Phi) is 4.97. The van der Waals surface area contributed by atoms with Crippen LogP contribution < -0.4 is 5.84 Å².